The van der Waals surface area contributed by atoms with Crippen LogP contribution in [-0.4, -0.2) is 32.3 Å². The Morgan fingerprint density at radius 3 is 2.59 bits per heavy atom. The number of anilines is 2. The number of hydrogen-bond acceptors (Lipinski definition) is 4. The summed E-state index contributed by atoms with van der Waals surface area (Å²) in [5.41, 5.74) is 1.08. The lowest BCUT2D eigenvalue weighted by atomic mass is 9.99. The van der Waals surface area contributed by atoms with E-state index >= 15 is 0 Å². The van der Waals surface area contributed by atoms with Crippen molar-refractivity contribution in [1.29, 1.82) is 0 Å². The summed E-state index contributed by atoms with van der Waals surface area (Å²) in [5, 5.41) is 8.14. The van der Waals surface area contributed by atoms with Gasteiger partial charge in [0.2, 0.25) is 0 Å². The largest absolute Gasteiger partial charge is 0.405 e. The maximum absolute atomic E-state index is 14.3. The number of alkyl halides is 3. The Labute approximate surface area is 192 Å². The lowest BCUT2D eigenvalue weighted by Crippen LogP contribution is -2.22. The van der Waals surface area contributed by atoms with Gasteiger partial charge in [0.1, 0.15) is 11.2 Å². The fraction of sp³-hybridized carbons (Fsp3) is 0.320. The van der Waals surface area contributed by atoms with Crippen molar-refractivity contribution in [3.05, 3.63) is 59.7 Å². The number of fused-ring (bicyclic) bond motifs is 4. The van der Waals surface area contributed by atoms with Crippen molar-refractivity contribution in [3.8, 4) is 11.8 Å². The second kappa shape index (κ2) is 7.42. The maximum Gasteiger partial charge on any atom is 0.405 e. The van der Waals surface area contributed by atoms with Gasteiger partial charge in [0.05, 0.1) is 5.52 Å². The average molecular weight is 465 g/mol. The van der Waals surface area contributed by atoms with Gasteiger partial charge in [-0.15, -0.1) is 5.10 Å². The summed E-state index contributed by atoms with van der Waals surface area (Å²) in [5.74, 6) is 6.15. The van der Waals surface area contributed by atoms with Gasteiger partial charge in [0.25, 0.3) is 5.78 Å². The highest BCUT2D eigenvalue weighted by Crippen LogP contribution is 2.57. The van der Waals surface area contributed by atoms with Gasteiger partial charge in [-0.3, -0.25) is 0 Å². The maximum atomic E-state index is 14.3. The predicted molar refractivity (Wildman–Crippen MR) is 119 cm³/mol. The fourth-order valence-corrected chi connectivity index (χ4v) is 4.67. The fourth-order valence-electron chi connectivity index (χ4n) is 4.67. The first-order chi connectivity index (χ1) is 16.4. The van der Waals surface area contributed by atoms with Crippen LogP contribution >= 0.6 is 0 Å². The van der Waals surface area contributed by atoms with Crippen molar-refractivity contribution in [2.45, 2.75) is 38.3 Å². The van der Waals surface area contributed by atoms with E-state index in [9.17, 15) is 17.6 Å². The molecule has 1 aliphatic heterocycles. The number of aromatic nitrogens is 4. The second-order valence-electron chi connectivity index (χ2n) is 8.80. The van der Waals surface area contributed by atoms with E-state index in [1.54, 1.807) is 12.1 Å². The Kier molecular flexibility index (Phi) is 4.56. The van der Waals surface area contributed by atoms with Crippen molar-refractivity contribution < 1.29 is 17.6 Å². The number of hydrogen-bond donors (Lipinski definition) is 0. The molecular formula is C25H19F4N5. The van der Waals surface area contributed by atoms with Crippen molar-refractivity contribution in [2.75, 3.05) is 11.4 Å². The van der Waals surface area contributed by atoms with Crippen LogP contribution in [0, 0.1) is 23.3 Å². The molecule has 1 fully saturated rings. The molecule has 0 radical (unpaired) electrons. The Hall–Kier alpha value is -3.67. The number of rotatable bonds is 1. The Morgan fingerprint density at radius 2 is 1.79 bits per heavy atom. The molecule has 4 aromatic rings. The zero-order chi connectivity index (χ0) is 23.5. The topological polar surface area (TPSA) is 46.3 Å². The van der Waals surface area contributed by atoms with Crippen LogP contribution in [-0.2, 0) is 6.42 Å². The lowest BCUT2D eigenvalue weighted by Gasteiger charge is -2.26. The van der Waals surface area contributed by atoms with E-state index in [1.165, 1.54) is 4.40 Å². The molecule has 0 spiro atoms. The van der Waals surface area contributed by atoms with E-state index in [1.807, 2.05) is 35.2 Å². The predicted octanol–water partition coefficient (Wildman–Crippen LogP) is 5.59. The molecular weight excluding hydrogens is 446 g/mol. The summed E-state index contributed by atoms with van der Waals surface area (Å²) in [6.07, 6.45) is -2.52. The molecule has 2 aliphatic rings. The summed E-state index contributed by atoms with van der Waals surface area (Å²) < 4.78 is 55.8. The van der Waals surface area contributed by atoms with E-state index in [4.69, 9.17) is 0 Å². The number of halogens is 4. The smallest absolute Gasteiger partial charge is 0.325 e. The molecule has 0 atom stereocenters. The summed E-state index contributed by atoms with van der Waals surface area (Å²) in [6.45, 7) is 0.653. The molecule has 1 aliphatic carbocycles. The zero-order valence-corrected chi connectivity index (χ0v) is 18.0. The van der Waals surface area contributed by atoms with Gasteiger partial charge in [-0.2, -0.15) is 22.5 Å². The summed E-state index contributed by atoms with van der Waals surface area (Å²) >= 11 is 0. The molecule has 5 nitrogen and oxygen atoms in total. The normalized spacial score (nSPS) is 17.2. The van der Waals surface area contributed by atoms with Crippen LogP contribution < -0.4 is 4.90 Å². The first-order valence-electron chi connectivity index (χ1n) is 11.2. The highest BCUT2D eigenvalue weighted by atomic mass is 19.4. The van der Waals surface area contributed by atoms with E-state index in [0.29, 0.717) is 29.9 Å². The van der Waals surface area contributed by atoms with Crippen molar-refractivity contribution in [2.24, 2.45) is 5.41 Å². The Morgan fingerprint density at radius 1 is 0.971 bits per heavy atom. The molecule has 0 amide bonds. The van der Waals surface area contributed by atoms with E-state index in [0.717, 1.165) is 29.5 Å². The molecule has 1 saturated carbocycles. The van der Waals surface area contributed by atoms with Gasteiger partial charge < -0.3 is 4.90 Å². The third-order valence-electron chi connectivity index (χ3n) is 6.68. The van der Waals surface area contributed by atoms with Crippen LogP contribution in [0.1, 0.15) is 36.8 Å². The van der Waals surface area contributed by atoms with E-state index < -0.39 is 17.7 Å². The third-order valence-corrected chi connectivity index (χ3v) is 6.68. The highest BCUT2D eigenvalue weighted by molar-refractivity contribution is 5.94. The minimum atomic E-state index is -4.32. The lowest BCUT2D eigenvalue weighted by molar-refractivity contribution is -0.168. The average Bonchev–Trinajstić information content (AvgIpc) is 3.58. The van der Waals surface area contributed by atoms with Gasteiger partial charge in [0.15, 0.2) is 0 Å². The molecule has 2 aromatic carbocycles. The van der Waals surface area contributed by atoms with Crippen molar-refractivity contribution in [1.82, 2.24) is 19.6 Å². The summed E-state index contributed by atoms with van der Waals surface area (Å²) in [4.78, 5) is 6.68. The Bertz CT molecular complexity index is 1490. The van der Waals surface area contributed by atoms with Gasteiger partial charge in [-0.05, 0) is 61.9 Å². The van der Waals surface area contributed by atoms with Gasteiger partial charge in [-0.25, -0.2) is 4.40 Å². The standard InChI is InChI=1S/C25H19F4N5/c26-22-31-32-23-30-21(18-8-1-2-9-20(18)34(22)23)33-15-4-3-7-17-16(6-5-10-19(17)33)11-12-24(13-14-24)25(27,28)29/h1-2,5-6,8-10H,3-4,7,13-15H2. The number of benzene rings is 2. The number of para-hydroxylation sites is 1. The molecule has 172 valence electrons. The minimum absolute atomic E-state index is 0.0511. The first kappa shape index (κ1) is 20.9. The molecule has 9 heteroatoms. The molecule has 2 aromatic heterocycles. The highest BCUT2D eigenvalue weighted by Gasteiger charge is 2.62. The molecule has 34 heavy (non-hydrogen) atoms. The molecule has 0 bridgehead atoms. The van der Waals surface area contributed by atoms with Crippen LogP contribution in [0.4, 0.5) is 29.1 Å². The molecule has 3 heterocycles. The van der Waals surface area contributed by atoms with Crippen LogP contribution in [0.15, 0.2) is 42.5 Å². The second-order valence-corrected chi connectivity index (χ2v) is 8.80. The molecule has 0 N–H and O–H groups in total. The molecule has 0 unspecified atom stereocenters. The van der Waals surface area contributed by atoms with Gasteiger partial charge in [0, 0.05) is 23.2 Å². The van der Waals surface area contributed by atoms with Crippen LogP contribution in [0.3, 0.4) is 0 Å². The summed E-state index contributed by atoms with van der Waals surface area (Å²) in [7, 11) is 0. The van der Waals surface area contributed by atoms with Crippen molar-refractivity contribution >= 4 is 28.2 Å². The number of nitrogens with zero attached hydrogens (tertiary/aromatic N) is 5. The van der Waals surface area contributed by atoms with E-state index in [-0.39, 0.29) is 18.6 Å². The third kappa shape index (κ3) is 3.20. The molecule has 6 rings (SSSR count). The Balaban J connectivity index is 1.52. The van der Waals surface area contributed by atoms with Gasteiger partial charge >= 0.3 is 12.3 Å². The minimum Gasteiger partial charge on any atom is -0.325 e. The zero-order valence-electron chi connectivity index (χ0n) is 18.0. The van der Waals surface area contributed by atoms with Gasteiger partial charge in [-0.1, -0.05) is 35.1 Å². The SMILES string of the molecule is Fc1nnc2nc(N3CCCCc4c(C#CC5(C(F)(F)F)CC5)cccc43)c3ccccc3n12. The van der Waals surface area contributed by atoms with Crippen LogP contribution in [0.2, 0.25) is 0 Å². The monoisotopic (exact) mass is 465 g/mol. The quantitative estimate of drug-likeness (QED) is 0.272. The van der Waals surface area contributed by atoms with Crippen LogP contribution in [0.25, 0.3) is 16.7 Å². The molecule has 0 saturated heterocycles. The van der Waals surface area contributed by atoms with Crippen LogP contribution in [0.5, 0.6) is 0 Å². The van der Waals surface area contributed by atoms with Crippen molar-refractivity contribution in [3.63, 3.8) is 0 Å². The van der Waals surface area contributed by atoms with E-state index in [2.05, 4.69) is 27.0 Å². The first-order valence-corrected chi connectivity index (χ1v) is 11.2. The summed E-state index contributed by atoms with van der Waals surface area (Å²) in [6, 6.07) is 12.8.